The quantitative estimate of drug-likeness (QED) is 0.796. The number of carbonyl (C=O) groups is 1. The first kappa shape index (κ1) is 18.9. The van der Waals surface area contributed by atoms with Gasteiger partial charge in [0.05, 0.1) is 23.1 Å². The summed E-state index contributed by atoms with van der Waals surface area (Å²) in [7, 11) is 0. The maximum absolute atomic E-state index is 12.5. The van der Waals surface area contributed by atoms with Gasteiger partial charge in [-0.05, 0) is 25.0 Å². The number of hydrogen-bond acceptors (Lipinski definition) is 5. The zero-order valence-corrected chi connectivity index (χ0v) is 17.0. The summed E-state index contributed by atoms with van der Waals surface area (Å²) < 4.78 is 2.84. The van der Waals surface area contributed by atoms with Crippen molar-refractivity contribution < 1.29 is 4.79 Å². The molecule has 2 aliphatic rings. The summed E-state index contributed by atoms with van der Waals surface area (Å²) in [5.41, 5.74) is 0. The molecule has 0 spiro atoms. The molecule has 0 bridgehead atoms. The van der Waals surface area contributed by atoms with E-state index in [1.807, 2.05) is 16.8 Å². The van der Waals surface area contributed by atoms with Gasteiger partial charge in [-0.3, -0.25) is 14.6 Å². The summed E-state index contributed by atoms with van der Waals surface area (Å²) in [5, 5.41) is 7.48. The summed E-state index contributed by atoms with van der Waals surface area (Å²) >= 11 is 7.65. The summed E-state index contributed by atoms with van der Waals surface area (Å²) in [6, 6.07) is 6.39. The van der Waals surface area contributed by atoms with Crippen molar-refractivity contribution in [2.24, 2.45) is 0 Å². The molecule has 2 fully saturated rings. The van der Waals surface area contributed by atoms with E-state index in [1.165, 1.54) is 17.7 Å². The molecule has 1 N–H and O–H groups in total. The van der Waals surface area contributed by atoms with Crippen molar-refractivity contribution in [1.29, 1.82) is 0 Å². The van der Waals surface area contributed by atoms with Gasteiger partial charge in [0.15, 0.2) is 0 Å². The van der Waals surface area contributed by atoms with Gasteiger partial charge in [-0.2, -0.15) is 5.10 Å². The van der Waals surface area contributed by atoms with Crippen LogP contribution in [0.3, 0.4) is 0 Å². The Kier molecular flexibility index (Phi) is 6.12. The Hall–Kier alpha value is -1.41. The number of halogens is 1. The molecule has 0 unspecified atom stereocenters. The minimum atomic E-state index is 0.0493. The zero-order chi connectivity index (χ0) is 18.6. The lowest BCUT2D eigenvalue weighted by atomic mass is 10.2. The van der Waals surface area contributed by atoms with E-state index in [0.717, 1.165) is 55.7 Å². The van der Waals surface area contributed by atoms with Crippen LogP contribution in [0, 0.1) is 0 Å². The molecule has 1 aliphatic carbocycles. The van der Waals surface area contributed by atoms with Crippen molar-refractivity contribution in [3.8, 4) is 0 Å². The SMILES string of the molecule is O=C(CN1CCN(Cc2ccc(Cl)s2)CC1)Nc1ccnn1C1CCCC1. The van der Waals surface area contributed by atoms with Crippen LogP contribution in [0.4, 0.5) is 5.82 Å². The Morgan fingerprint density at radius 3 is 2.59 bits per heavy atom. The molecule has 1 saturated carbocycles. The molecule has 6 nitrogen and oxygen atoms in total. The van der Waals surface area contributed by atoms with Gasteiger partial charge in [0.25, 0.3) is 0 Å². The second-order valence-electron chi connectivity index (χ2n) is 7.41. The molecule has 3 heterocycles. The molecule has 0 atom stereocenters. The van der Waals surface area contributed by atoms with Gasteiger partial charge < -0.3 is 5.32 Å². The van der Waals surface area contributed by atoms with E-state index < -0.39 is 0 Å². The molecule has 2 aromatic rings. The number of rotatable bonds is 6. The van der Waals surface area contributed by atoms with Gasteiger partial charge in [-0.15, -0.1) is 11.3 Å². The maximum Gasteiger partial charge on any atom is 0.239 e. The maximum atomic E-state index is 12.5. The van der Waals surface area contributed by atoms with Crippen LogP contribution >= 0.6 is 22.9 Å². The number of carbonyl (C=O) groups excluding carboxylic acids is 1. The van der Waals surface area contributed by atoms with Gasteiger partial charge in [0.2, 0.25) is 5.91 Å². The highest BCUT2D eigenvalue weighted by Crippen LogP contribution is 2.31. The van der Waals surface area contributed by atoms with Crippen LogP contribution in [0.25, 0.3) is 0 Å². The number of thiophene rings is 1. The fourth-order valence-electron chi connectivity index (χ4n) is 4.00. The molecule has 27 heavy (non-hydrogen) atoms. The predicted octanol–water partition coefficient (Wildman–Crippen LogP) is 3.47. The van der Waals surface area contributed by atoms with E-state index in [4.69, 9.17) is 11.6 Å². The van der Waals surface area contributed by atoms with Crippen LogP contribution in [0.15, 0.2) is 24.4 Å². The second-order valence-corrected chi connectivity index (χ2v) is 9.21. The van der Waals surface area contributed by atoms with Crippen molar-refractivity contribution in [2.45, 2.75) is 38.3 Å². The van der Waals surface area contributed by atoms with Crippen molar-refractivity contribution in [3.05, 3.63) is 33.6 Å². The molecular weight excluding hydrogens is 382 g/mol. The third-order valence-corrected chi connectivity index (χ3v) is 6.66. The fourth-order valence-corrected chi connectivity index (χ4v) is 5.13. The highest BCUT2D eigenvalue weighted by Gasteiger charge is 2.22. The van der Waals surface area contributed by atoms with Gasteiger partial charge >= 0.3 is 0 Å². The third kappa shape index (κ3) is 4.90. The Morgan fingerprint density at radius 1 is 1.15 bits per heavy atom. The lowest BCUT2D eigenvalue weighted by Crippen LogP contribution is -2.48. The van der Waals surface area contributed by atoms with Crippen LogP contribution in [-0.4, -0.2) is 58.2 Å². The molecule has 146 valence electrons. The Balaban J connectivity index is 1.23. The first-order chi connectivity index (χ1) is 13.2. The van der Waals surface area contributed by atoms with Crippen molar-refractivity contribution in [3.63, 3.8) is 0 Å². The molecule has 1 aliphatic heterocycles. The minimum absolute atomic E-state index is 0.0493. The Bertz CT molecular complexity index is 762. The second kappa shape index (κ2) is 8.73. The summed E-state index contributed by atoms with van der Waals surface area (Å²) in [6.45, 7) is 5.15. The van der Waals surface area contributed by atoms with E-state index in [9.17, 15) is 4.79 Å². The molecule has 4 rings (SSSR count). The predicted molar refractivity (Wildman–Crippen MR) is 109 cm³/mol. The van der Waals surface area contributed by atoms with E-state index in [2.05, 4.69) is 26.3 Å². The highest BCUT2D eigenvalue weighted by atomic mass is 35.5. The topological polar surface area (TPSA) is 53.4 Å². The molecule has 0 radical (unpaired) electrons. The Labute approximate surface area is 169 Å². The summed E-state index contributed by atoms with van der Waals surface area (Å²) in [5.74, 6) is 0.883. The van der Waals surface area contributed by atoms with E-state index in [0.29, 0.717) is 12.6 Å². The Morgan fingerprint density at radius 2 is 1.89 bits per heavy atom. The van der Waals surface area contributed by atoms with Crippen molar-refractivity contribution in [2.75, 3.05) is 38.0 Å². The van der Waals surface area contributed by atoms with Crippen LogP contribution in [0.2, 0.25) is 4.34 Å². The van der Waals surface area contributed by atoms with Gasteiger partial charge in [-0.1, -0.05) is 24.4 Å². The molecule has 8 heteroatoms. The number of amides is 1. The largest absolute Gasteiger partial charge is 0.310 e. The first-order valence-electron chi connectivity index (χ1n) is 9.70. The van der Waals surface area contributed by atoms with E-state index >= 15 is 0 Å². The number of piperazine rings is 1. The lowest BCUT2D eigenvalue weighted by Gasteiger charge is -2.34. The standard InChI is InChI=1S/C19H26ClN5OS/c20-17-6-5-16(27-17)13-23-9-11-24(12-10-23)14-19(26)22-18-7-8-21-25(18)15-3-1-2-4-15/h5-8,15H,1-4,9-14H2,(H,22,26). The third-order valence-electron chi connectivity index (χ3n) is 5.45. The van der Waals surface area contributed by atoms with Crippen LogP contribution in [0.1, 0.15) is 36.6 Å². The molecule has 1 amide bonds. The van der Waals surface area contributed by atoms with E-state index in [1.54, 1.807) is 17.5 Å². The number of nitrogens with zero attached hydrogens (tertiary/aromatic N) is 4. The average Bonchev–Trinajstić information content (AvgIpc) is 3.39. The smallest absolute Gasteiger partial charge is 0.239 e. The number of hydrogen-bond donors (Lipinski definition) is 1. The highest BCUT2D eigenvalue weighted by molar-refractivity contribution is 7.16. The van der Waals surface area contributed by atoms with Gasteiger partial charge in [0.1, 0.15) is 5.82 Å². The molecular formula is C19H26ClN5OS. The number of nitrogens with one attached hydrogen (secondary N) is 1. The minimum Gasteiger partial charge on any atom is -0.310 e. The van der Waals surface area contributed by atoms with Gasteiger partial charge in [0, 0.05) is 43.7 Å². The van der Waals surface area contributed by atoms with Crippen LogP contribution < -0.4 is 5.32 Å². The average molecular weight is 408 g/mol. The van der Waals surface area contributed by atoms with E-state index in [-0.39, 0.29) is 5.91 Å². The van der Waals surface area contributed by atoms with Crippen molar-refractivity contribution in [1.82, 2.24) is 19.6 Å². The zero-order valence-electron chi connectivity index (χ0n) is 15.4. The summed E-state index contributed by atoms with van der Waals surface area (Å²) in [6.07, 6.45) is 6.59. The van der Waals surface area contributed by atoms with Gasteiger partial charge in [-0.25, -0.2) is 4.68 Å². The number of anilines is 1. The normalized spacial score (nSPS) is 19.6. The van der Waals surface area contributed by atoms with Crippen molar-refractivity contribution >= 4 is 34.7 Å². The molecule has 2 aromatic heterocycles. The first-order valence-corrected chi connectivity index (χ1v) is 10.9. The number of aromatic nitrogens is 2. The van der Waals surface area contributed by atoms with Crippen LogP contribution in [0.5, 0.6) is 0 Å². The van der Waals surface area contributed by atoms with Crippen LogP contribution in [-0.2, 0) is 11.3 Å². The lowest BCUT2D eigenvalue weighted by molar-refractivity contribution is -0.117. The molecule has 0 aromatic carbocycles. The fraction of sp³-hybridized carbons (Fsp3) is 0.579. The monoisotopic (exact) mass is 407 g/mol. The summed E-state index contributed by atoms with van der Waals surface area (Å²) in [4.78, 5) is 18.4. The molecule has 1 saturated heterocycles.